The number of H-pyrrole nitrogens is 1. The molecule has 136 valence electrons. The largest absolute Gasteiger partial charge is 0.371 e. The zero-order valence-electron chi connectivity index (χ0n) is 14.9. The highest BCUT2D eigenvalue weighted by molar-refractivity contribution is 6.20. The first-order valence-electron chi connectivity index (χ1n) is 9.04. The smallest absolute Gasteiger partial charge is 0.253 e. The van der Waals surface area contributed by atoms with E-state index in [0.717, 1.165) is 31.5 Å². The summed E-state index contributed by atoms with van der Waals surface area (Å²) >= 11 is 0. The zero-order chi connectivity index (χ0) is 18.1. The number of anilines is 1. The summed E-state index contributed by atoms with van der Waals surface area (Å²) in [5.74, 6) is -0.0808. The van der Waals surface area contributed by atoms with Crippen LogP contribution in [0.25, 0.3) is 5.57 Å². The summed E-state index contributed by atoms with van der Waals surface area (Å²) in [4.78, 5) is 19.8. The molecule has 1 saturated heterocycles. The van der Waals surface area contributed by atoms with Crippen molar-refractivity contribution >= 4 is 17.2 Å². The van der Waals surface area contributed by atoms with E-state index in [4.69, 9.17) is 0 Å². The lowest BCUT2D eigenvalue weighted by Gasteiger charge is -2.34. The molecule has 0 saturated carbocycles. The Morgan fingerprint density at radius 2 is 1.92 bits per heavy atom. The van der Waals surface area contributed by atoms with Crippen LogP contribution in [0.3, 0.4) is 0 Å². The Kier molecular flexibility index (Phi) is 4.42. The Bertz CT molecular complexity index is 806. The number of fused-ring (bicyclic) bond motifs is 1. The Labute approximate surface area is 153 Å². The van der Waals surface area contributed by atoms with E-state index in [1.807, 2.05) is 12.1 Å². The Hall–Kier alpha value is -2.73. The van der Waals surface area contributed by atoms with Gasteiger partial charge in [0, 0.05) is 49.8 Å². The van der Waals surface area contributed by atoms with Crippen molar-refractivity contribution in [2.24, 2.45) is 0 Å². The Morgan fingerprint density at radius 3 is 2.65 bits per heavy atom. The summed E-state index contributed by atoms with van der Waals surface area (Å²) in [6.45, 7) is 1.87. The SMILES string of the molecule is CN1C=C(C(=O)NC2CCN(c3ccccc3)CC2)c2cc[nH]c2C1O. The number of carbonyl (C=O) groups excluding carboxylic acids is 1. The topological polar surface area (TPSA) is 71.6 Å². The number of hydrogen-bond donors (Lipinski definition) is 3. The van der Waals surface area contributed by atoms with E-state index in [0.29, 0.717) is 11.3 Å². The number of amides is 1. The van der Waals surface area contributed by atoms with E-state index >= 15 is 0 Å². The highest BCUT2D eigenvalue weighted by Gasteiger charge is 2.29. The average Bonchev–Trinajstić information content (AvgIpc) is 3.16. The van der Waals surface area contributed by atoms with Gasteiger partial charge in [0.2, 0.25) is 0 Å². The van der Waals surface area contributed by atoms with Crippen LogP contribution in [-0.2, 0) is 4.79 Å². The maximum absolute atomic E-state index is 12.8. The van der Waals surface area contributed by atoms with Gasteiger partial charge >= 0.3 is 0 Å². The number of nitrogens with one attached hydrogen (secondary N) is 2. The summed E-state index contributed by atoms with van der Waals surface area (Å²) in [5, 5.41) is 13.4. The van der Waals surface area contributed by atoms with Gasteiger partial charge in [-0.25, -0.2) is 0 Å². The molecule has 2 aliphatic heterocycles. The average molecular weight is 352 g/mol. The van der Waals surface area contributed by atoms with Crippen molar-refractivity contribution < 1.29 is 9.90 Å². The van der Waals surface area contributed by atoms with Crippen molar-refractivity contribution in [3.05, 3.63) is 60.1 Å². The first kappa shape index (κ1) is 16.7. The molecular weight excluding hydrogens is 328 g/mol. The highest BCUT2D eigenvalue weighted by atomic mass is 16.3. The fourth-order valence-corrected chi connectivity index (χ4v) is 3.74. The van der Waals surface area contributed by atoms with Crippen molar-refractivity contribution in [2.45, 2.75) is 25.1 Å². The minimum Gasteiger partial charge on any atom is -0.371 e. The maximum atomic E-state index is 12.8. The molecule has 0 radical (unpaired) electrons. The third-order valence-electron chi connectivity index (χ3n) is 5.24. The van der Waals surface area contributed by atoms with Crippen LogP contribution < -0.4 is 10.2 Å². The molecule has 0 spiro atoms. The van der Waals surface area contributed by atoms with Crippen molar-refractivity contribution in [3.63, 3.8) is 0 Å². The minimum absolute atomic E-state index is 0.0808. The third-order valence-corrected chi connectivity index (χ3v) is 5.24. The summed E-state index contributed by atoms with van der Waals surface area (Å²) in [6.07, 6.45) is 4.58. The van der Waals surface area contributed by atoms with Gasteiger partial charge < -0.3 is 25.2 Å². The summed E-state index contributed by atoms with van der Waals surface area (Å²) in [7, 11) is 1.76. The van der Waals surface area contributed by atoms with Gasteiger partial charge in [0.05, 0.1) is 11.3 Å². The van der Waals surface area contributed by atoms with Gasteiger partial charge in [-0.15, -0.1) is 0 Å². The van der Waals surface area contributed by atoms with E-state index in [9.17, 15) is 9.90 Å². The molecule has 2 aromatic rings. The standard InChI is InChI=1S/C20H24N4O2/c1-23-13-17(16-7-10-21-18(16)20(23)26)19(25)22-14-8-11-24(12-9-14)15-5-3-2-4-6-15/h2-7,10,13-14,20-21,26H,8-9,11-12H2,1H3,(H,22,25). The molecule has 4 rings (SSSR count). The highest BCUT2D eigenvalue weighted by Crippen LogP contribution is 2.31. The number of rotatable bonds is 3. The number of aromatic amines is 1. The predicted octanol–water partition coefficient (Wildman–Crippen LogP) is 2.08. The molecule has 6 nitrogen and oxygen atoms in total. The van der Waals surface area contributed by atoms with Gasteiger partial charge in [-0.2, -0.15) is 0 Å². The number of aliphatic hydroxyl groups excluding tert-OH is 1. The molecular formula is C20H24N4O2. The molecule has 1 atom stereocenters. The first-order valence-corrected chi connectivity index (χ1v) is 9.04. The number of hydrogen-bond acceptors (Lipinski definition) is 4. The van der Waals surface area contributed by atoms with Crippen LogP contribution in [0.5, 0.6) is 0 Å². The number of para-hydroxylation sites is 1. The second-order valence-electron chi connectivity index (χ2n) is 6.96. The zero-order valence-corrected chi connectivity index (χ0v) is 14.9. The van der Waals surface area contributed by atoms with Crippen LogP contribution in [0.15, 0.2) is 48.8 Å². The van der Waals surface area contributed by atoms with Crippen molar-refractivity contribution in [1.82, 2.24) is 15.2 Å². The number of benzene rings is 1. The molecule has 1 unspecified atom stereocenters. The Morgan fingerprint density at radius 1 is 1.19 bits per heavy atom. The lowest BCUT2D eigenvalue weighted by molar-refractivity contribution is -0.116. The fraction of sp³-hybridized carbons (Fsp3) is 0.350. The first-order chi connectivity index (χ1) is 12.6. The lowest BCUT2D eigenvalue weighted by atomic mass is 9.99. The van der Waals surface area contributed by atoms with Crippen LogP contribution in [0.4, 0.5) is 5.69 Å². The van der Waals surface area contributed by atoms with Gasteiger partial charge in [-0.1, -0.05) is 18.2 Å². The van der Waals surface area contributed by atoms with Crippen molar-refractivity contribution in [1.29, 1.82) is 0 Å². The van der Waals surface area contributed by atoms with Gasteiger partial charge in [0.1, 0.15) is 0 Å². The van der Waals surface area contributed by atoms with Gasteiger partial charge in [-0.05, 0) is 31.0 Å². The van der Waals surface area contributed by atoms with Crippen LogP contribution in [0, 0.1) is 0 Å². The third kappa shape index (κ3) is 3.08. The van der Waals surface area contributed by atoms with E-state index in [1.165, 1.54) is 5.69 Å². The molecule has 2 aliphatic rings. The molecule has 3 heterocycles. The molecule has 1 aromatic heterocycles. The second kappa shape index (κ2) is 6.88. The van der Waals surface area contributed by atoms with Crippen LogP contribution in [-0.4, -0.2) is 47.1 Å². The molecule has 0 aliphatic carbocycles. The van der Waals surface area contributed by atoms with E-state index in [2.05, 4.69) is 39.5 Å². The van der Waals surface area contributed by atoms with E-state index in [-0.39, 0.29) is 11.9 Å². The molecule has 3 N–H and O–H groups in total. The number of nitrogens with zero attached hydrogens (tertiary/aromatic N) is 2. The summed E-state index contributed by atoms with van der Waals surface area (Å²) < 4.78 is 0. The normalized spacial score (nSPS) is 20.5. The molecule has 0 bridgehead atoms. The number of carbonyl (C=O) groups is 1. The number of aliphatic hydroxyl groups is 1. The van der Waals surface area contributed by atoms with Crippen molar-refractivity contribution in [3.8, 4) is 0 Å². The Balaban J connectivity index is 1.40. The fourth-order valence-electron chi connectivity index (χ4n) is 3.74. The maximum Gasteiger partial charge on any atom is 0.253 e. The molecule has 1 amide bonds. The molecule has 1 aromatic carbocycles. The summed E-state index contributed by atoms with van der Waals surface area (Å²) in [5.41, 5.74) is 3.27. The second-order valence-corrected chi connectivity index (χ2v) is 6.96. The molecule has 26 heavy (non-hydrogen) atoms. The van der Waals surface area contributed by atoms with E-state index < -0.39 is 6.23 Å². The molecule has 1 fully saturated rings. The van der Waals surface area contributed by atoms with E-state index in [1.54, 1.807) is 24.3 Å². The lowest BCUT2D eigenvalue weighted by Crippen LogP contribution is -2.45. The number of piperidine rings is 1. The van der Waals surface area contributed by atoms with Gasteiger partial charge in [0.15, 0.2) is 6.23 Å². The molecule has 6 heteroatoms. The van der Waals surface area contributed by atoms with Gasteiger partial charge in [-0.3, -0.25) is 4.79 Å². The van der Waals surface area contributed by atoms with Crippen LogP contribution in [0.2, 0.25) is 0 Å². The summed E-state index contributed by atoms with van der Waals surface area (Å²) in [6, 6.07) is 12.4. The van der Waals surface area contributed by atoms with Crippen LogP contribution >= 0.6 is 0 Å². The van der Waals surface area contributed by atoms with Crippen LogP contribution in [0.1, 0.15) is 30.3 Å². The predicted molar refractivity (Wildman–Crippen MR) is 101 cm³/mol. The number of aromatic nitrogens is 1. The monoisotopic (exact) mass is 352 g/mol. The van der Waals surface area contributed by atoms with Gasteiger partial charge in [0.25, 0.3) is 5.91 Å². The minimum atomic E-state index is -0.745. The van der Waals surface area contributed by atoms with Crippen molar-refractivity contribution in [2.75, 3.05) is 25.0 Å². The quantitative estimate of drug-likeness (QED) is 0.791.